The van der Waals surface area contributed by atoms with E-state index in [1.165, 1.54) is 0 Å². The number of H-pyrrole nitrogens is 1. The average Bonchev–Trinajstić information content (AvgIpc) is 2.57. The number of halogens is 1. The van der Waals surface area contributed by atoms with E-state index in [-0.39, 0.29) is 5.78 Å². The van der Waals surface area contributed by atoms with Gasteiger partial charge in [-0.2, -0.15) is 4.79 Å². The second-order valence-electron chi connectivity index (χ2n) is 2.97. The van der Waals surface area contributed by atoms with E-state index < -0.39 is 0 Å². The molecular formula is C10H6BrN3O. The number of nitrogens with zero attached hydrogens (tertiary/aromatic N) is 2. The van der Waals surface area contributed by atoms with E-state index in [1.54, 1.807) is 0 Å². The molecule has 2 rings (SSSR count). The largest absolute Gasteiger partial charge is 0.361 e. The number of rotatable bonds is 2. The van der Waals surface area contributed by atoms with Crippen molar-refractivity contribution in [1.82, 2.24) is 4.98 Å². The third-order valence-electron chi connectivity index (χ3n) is 2.06. The second-order valence-corrected chi connectivity index (χ2v) is 3.76. The Bertz CT molecular complexity index is 581. The lowest BCUT2D eigenvalue weighted by atomic mass is 10.2. The summed E-state index contributed by atoms with van der Waals surface area (Å²) in [5.41, 5.74) is 9.53. The summed E-state index contributed by atoms with van der Waals surface area (Å²) in [6.45, 7) is 0. The van der Waals surface area contributed by atoms with Crippen molar-refractivity contribution in [3.05, 3.63) is 40.0 Å². The molecule has 0 aliphatic carbocycles. The van der Waals surface area contributed by atoms with E-state index in [0.29, 0.717) is 10.2 Å². The van der Waals surface area contributed by atoms with Crippen molar-refractivity contribution in [3.8, 4) is 0 Å². The molecule has 0 fully saturated rings. The van der Waals surface area contributed by atoms with Crippen LogP contribution in [0.2, 0.25) is 0 Å². The number of benzene rings is 1. The molecule has 0 radical (unpaired) electrons. The minimum atomic E-state index is -0.374. The van der Waals surface area contributed by atoms with Crippen LogP contribution in [0, 0.1) is 0 Å². The van der Waals surface area contributed by atoms with E-state index in [9.17, 15) is 4.79 Å². The van der Waals surface area contributed by atoms with Gasteiger partial charge in [-0.3, -0.25) is 4.79 Å². The number of nitrogens with one attached hydrogen (secondary N) is 1. The summed E-state index contributed by atoms with van der Waals surface area (Å²) in [4.78, 5) is 17.1. The van der Waals surface area contributed by atoms with Crippen LogP contribution in [0.4, 0.5) is 0 Å². The molecule has 1 N–H and O–H groups in total. The van der Waals surface area contributed by atoms with E-state index in [1.807, 2.05) is 24.3 Å². The molecule has 2 aromatic rings. The standard InChI is InChI=1S/C10H6BrN3O/c11-9-6-3-1-2-4-7(6)14-10(9)8(15)5-13-12/h1-5,14H. The molecule has 0 saturated heterocycles. The molecule has 1 aromatic carbocycles. The van der Waals surface area contributed by atoms with Crippen LogP contribution in [0.1, 0.15) is 10.5 Å². The first-order chi connectivity index (χ1) is 7.24. The molecule has 0 bridgehead atoms. The Morgan fingerprint density at radius 2 is 2.20 bits per heavy atom. The number of aromatic amines is 1. The predicted molar refractivity (Wildman–Crippen MR) is 60.0 cm³/mol. The highest BCUT2D eigenvalue weighted by atomic mass is 79.9. The van der Waals surface area contributed by atoms with Crippen LogP contribution >= 0.6 is 15.9 Å². The number of hydrogen-bond acceptors (Lipinski definition) is 1. The van der Waals surface area contributed by atoms with Gasteiger partial charge in [-0.25, -0.2) is 0 Å². The summed E-state index contributed by atoms with van der Waals surface area (Å²) in [6, 6.07) is 7.52. The molecule has 0 spiro atoms. The van der Waals surface area contributed by atoms with Crippen LogP contribution in [0.3, 0.4) is 0 Å². The molecule has 0 aliphatic rings. The number of ketones is 1. The minimum Gasteiger partial charge on any atom is -0.361 e. The number of Topliss-reactive ketones (excluding diaryl/α,β-unsaturated/α-hetero) is 1. The summed E-state index contributed by atoms with van der Waals surface area (Å²) in [5, 5.41) is 0.923. The zero-order valence-corrected chi connectivity index (χ0v) is 9.15. The highest BCUT2D eigenvalue weighted by Gasteiger charge is 2.16. The number of fused-ring (bicyclic) bond motifs is 1. The highest BCUT2D eigenvalue weighted by Crippen LogP contribution is 2.27. The first kappa shape index (κ1) is 9.83. The Labute approximate surface area is 93.7 Å². The van der Waals surface area contributed by atoms with Crippen molar-refractivity contribution in [1.29, 1.82) is 0 Å². The molecule has 15 heavy (non-hydrogen) atoms. The van der Waals surface area contributed by atoms with Gasteiger partial charge in [0.2, 0.25) is 0 Å². The summed E-state index contributed by atoms with van der Waals surface area (Å²) in [6.07, 6.45) is 0.857. The summed E-state index contributed by atoms with van der Waals surface area (Å²) in [7, 11) is 0. The number of hydrogen-bond donors (Lipinski definition) is 1. The normalized spacial score (nSPS) is 9.93. The topological polar surface area (TPSA) is 69.3 Å². The van der Waals surface area contributed by atoms with Gasteiger partial charge >= 0.3 is 6.21 Å². The van der Waals surface area contributed by atoms with Gasteiger partial charge in [0.05, 0.1) is 4.47 Å². The SMILES string of the molecule is [N-]=[N+]=CC(=O)c1[nH]c2ccccc2c1Br. The smallest absolute Gasteiger partial charge is 0.329 e. The molecule has 1 heterocycles. The molecule has 4 nitrogen and oxygen atoms in total. The zero-order chi connectivity index (χ0) is 10.8. The molecular weight excluding hydrogens is 258 g/mol. The monoisotopic (exact) mass is 263 g/mol. The molecule has 0 saturated carbocycles. The van der Waals surface area contributed by atoms with Crippen molar-refractivity contribution in [2.45, 2.75) is 0 Å². The van der Waals surface area contributed by atoms with Gasteiger partial charge in [-0.1, -0.05) is 18.2 Å². The van der Waals surface area contributed by atoms with Crippen LogP contribution in [-0.2, 0) is 0 Å². The van der Waals surface area contributed by atoms with Crippen LogP contribution < -0.4 is 0 Å². The van der Waals surface area contributed by atoms with Gasteiger partial charge in [0.15, 0.2) is 0 Å². The van der Waals surface area contributed by atoms with E-state index in [2.05, 4.69) is 25.7 Å². The maximum Gasteiger partial charge on any atom is 0.329 e. The molecule has 0 amide bonds. The van der Waals surface area contributed by atoms with Gasteiger partial charge in [0.1, 0.15) is 5.69 Å². The quantitative estimate of drug-likeness (QED) is 0.385. The number of para-hydroxylation sites is 1. The summed E-state index contributed by atoms with van der Waals surface area (Å²) in [5.74, 6) is -0.374. The Morgan fingerprint density at radius 1 is 1.47 bits per heavy atom. The van der Waals surface area contributed by atoms with Crippen molar-refractivity contribution < 1.29 is 9.58 Å². The fourth-order valence-corrected chi connectivity index (χ4v) is 2.03. The minimum absolute atomic E-state index is 0.374. The van der Waals surface area contributed by atoms with E-state index in [0.717, 1.165) is 17.1 Å². The Kier molecular flexibility index (Phi) is 2.49. The summed E-state index contributed by atoms with van der Waals surface area (Å²) < 4.78 is 0.683. The Hall–Kier alpha value is -1.71. The van der Waals surface area contributed by atoms with Crippen molar-refractivity contribution >= 4 is 38.8 Å². The maximum absolute atomic E-state index is 11.5. The van der Waals surface area contributed by atoms with Crippen molar-refractivity contribution in [2.75, 3.05) is 0 Å². The molecule has 5 heteroatoms. The van der Waals surface area contributed by atoms with Crippen molar-refractivity contribution in [2.24, 2.45) is 0 Å². The van der Waals surface area contributed by atoms with Crippen LogP contribution in [-0.4, -0.2) is 21.8 Å². The number of aromatic nitrogens is 1. The average molecular weight is 264 g/mol. The molecule has 1 aromatic heterocycles. The van der Waals surface area contributed by atoms with E-state index in [4.69, 9.17) is 5.53 Å². The second kappa shape index (κ2) is 3.81. The van der Waals surface area contributed by atoms with Crippen LogP contribution in [0.5, 0.6) is 0 Å². The lowest BCUT2D eigenvalue weighted by Crippen LogP contribution is -2.01. The third-order valence-corrected chi connectivity index (χ3v) is 2.89. The third kappa shape index (κ3) is 1.63. The van der Waals surface area contributed by atoms with E-state index >= 15 is 0 Å². The molecule has 74 valence electrons. The summed E-state index contributed by atoms with van der Waals surface area (Å²) >= 11 is 3.33. The van der Waals surface area contributed by atoms with Gasteiger partial charge in [0.25, 0.3) is 5.78 Å². The first-order valence-corrected chi connectivity index (χ1v) is 5.01. The van der Waals surface area contributed by atoms with Crippen molar-refractivity contribution in [3.63, 3.8) is 0 Å². The Morgan fingerprint density at radius 3 is 2.87 bits per heavy atom. The number of carbonyl (C=O) groups is 1. The van der Waals surface area contributed by atoms with Gasteiger partial charge < -0.3 is 10.5 Å². The first-order valence-electron chi connectivity index (χ1n) is 4.22. The van der Waals surface area contributed by atoms with Gasteiger partial charge in [0, 0.05) is 10.9 Å². The maximum atomic E-state index is 11.5. The molecule has 0 unspecified atom stereocenters. The van der Waals surface area contributed by atoms with Gasteiger partial charge in [-0.15, -0.1) is 0 Å². The molecule has 0 aliphatic heterocycles. The lowest BCUT2D eigenvalue weighted by molar-refractivity contribution is 0.00230. The van der Waals surface area contributed by atoms with Gasteiger partial charge in [-0.05, 0) is 22.0 Å². The fourth-order valence-electron chi connectivity index (χ4n) is 1.39. The van der Waals surface area contributed by atoms with Crippen LogP contribution in [0.25, 0.3) is 16.4 Å². The zero-order valence-electron chi connectivity index (χ0n) is 7.57. The van der Waals surface area contributed by atoms with Crippen LogP contribution in [0.15, 0.2) is 28.7 Å². The predicted octanol–water partition coefficient (Wildman–Crippen LogP) is 2.41. The lowest BCUT2D eigenvalue weighted by Gasteiger charge is -1.87. The Balaban J connectivity index is 2.68. The fraction of sp³-hybridized carbons (Fsp3) is 0. The molecule has 0 atom stereocenters. The number of carbonyl (C=O) groups excluding carboxylic acids is 1. The highest BCUT2D eigenvalue weighted by molar-refractivity contribution is 9.10.